The maximum absolute atomic E-state index is 12.1. The largest absolute Gasteiger partial charge is 0.368 e. The summed E-state index contributed by atoms with van der Waals surface area (Å²) in [7, 11) is 1.77. The highest BCUT2D eigenvalue weighted by Crippen LogP contribution is 2.16. The molecule has 0 aromatic heterocycles. The molecule has 0 spiro atoms. The molecule has 1 aromatic rings. The molecule has 1 aromatic carbocycles. The van der Waals surface area contributed by atoms with Crippen LogP contribution in [0.3, 0.4) is 0 Å². The molecule has 0 saturated carbocycles. The first-order valence-electron chi connectivity index (χ1n) is 9.18. The molecule has 0 bridgehead atoms. The zero-order valence-corrected chi connectivity index (χ0v) is 16.5. The van der Waals surface area contributed by atoms with Gasteiger partial charge in [-0.05, 0) is 55.4 Å². The summed E-state index contributed by atoms with van der Waals surface area (Å²) in [5.74, 6) is 1.93. The molecule has 0 radical (unpaired) electrons. The van der Waals surface area contributed by atoms with Gasteiger partial charge >= 0.3 is 0 Å². The number of carbonyl (C=O) groups is 1. The van der Waals surface area contributed by atoms with Gasteiger partial charge in [-0.3, -0.25) is 9.79 Å². The van der Waals surface area contributed by atoms with Crippen LogP contribution in [0.5, 0.6) is 0 Å². The number of nitrogens with one attached hydrogen (secondary N) is 3. The Morgan fingerprint density at radius 1 is 1.35 bits per heavy atom. The normalized spacial score (nSPS) is 17.2. The lowest BCUT2D eigenvalue weighted by molar-refractivity contribution is -0.124. The topological polar surface area (TPSA) is 74.8 Å². The van der Waals surface area contributed by atoms with Crippen molar-refractivity contribution in [1.82, 2.24) is 10.6 Å². The number of thioether (sulfide) groups is 1. The van der Waals surface area contributed by atoms with E-state index < -0.39 is 0 Å². The first-order valence-corrected chi connectivity index (χ1v) is 10.6. The van der Waals surface area contributed by atoms with Gasteiger partial charge in [0.15, 0.2) is 5.96 Å². The summed E-state index contributed by atoms with van der Waals surface area (Å²) in [5.41, 5.74) is 1.88. The molecule has 7 heteroatoms. The Morgan fingerprint density at radius 3 is 2.96 bits per heavy atom. The van der Waals surface area contributed by atoms with E-state index in [0.29, 0.717) is 13.2 Å². The maximum Gasteiger partial charge on any atom is 0.253 e. The standard InChI is InChI=1S/C19H30N4O2S/c1-20-19(21-10-3-4-12-26-2)22-14-15-7-5-8-16(13-15)23-18(24)17-9-6-11-25-17/h5,7-8,13,17H,3-4,6,9-12,14H2,1-2H3,(H,23,24)(H2,20,21,22). The van der Waals surface area contributed by atoms with E-state index in [1.54, 1.807) is 7.05 Å². The monoisotopic (exact) mass is 378 g/mol. The second kappa shape index (κ2) is 11.8. The lowest BCUT2D eigenvalue weighted by Crippen LogP contribution is -2.37. The summed E-state index contributed by atoms with van der Waals surface area (Å²) in [5, 5.41) is 9.57. The van der Waals surface area contributed by atoms with Crippen LogP contribution in [0.1, 0.15) is 31.2 Å². The number of aliphatic imine (C=N–C) groups is 1. The van der Waals surface area contributed by atoms with E-state index >= 15 is 0 Å². The maximum atomic E-state index is 12.1. The van der Waals surface area contributed by atoms with Crippen LogP contribution in [0.15, 0.2) is 29.3 Å². The Kier molecular flexibility index (Phi) is 9.34. The lowest BCUT2D eigenvalue weighted by atomic mass is 10.2. The van der Waals surface area contributed by atoms with Gasteiger partial charge in [0.25, 0.3) is 5.91 Å². The summed E-state index contributed by atoms with van der Waals surface area (Å²) < 4.78 is 5.42. The zero-order chi connectivity index (χ0) is 18.6. The number of guanidine groups is 1. The Labute approximate surface area is 160 Å². The highest BCUT2D eigenvalue weighted by atomic mass is 32.2. The van der Waals surface area contributed by atoms with E-state index in [4.69, 9.17) is 4.74 Å². The van der Waals surface area contributed by atoms with E-state index in [0.717, 1.165) is 43.0 Å². The summed E-state index contributed by atoms with van der Waals surface area (Å²) in [4.78, 5) is 16.4. The molecule has 2 rings (SSSR count). The van der Waals surface area contributed by atoms with Crippen molar-refractivity contribution in [3.05, 3.63) is 29.8 Å². The number of nitrogens with zero attached hydrogens (tertiary/aromatic N) is 1. The van der Waals surface area contributed by atoms with Crippen molar-refractivity contribution in [2.45, 2.75) is 38.3 Å². The molecule has 1 aliphatic heterocycles. The summed E-state index contributed by atoms with van der Waals surface area (Å²) in [6.45, 7) is 2.23. The van der Waals surface area contributed by atoms with Gasteiger partial charge in [0.05, 0.1) is 0 Å². The van der Waals surface area contributed by atoms with Crippen molar-refractivity contribution in [3.63, 3.8) is 0 Å². The van der Waals surface area contributed by atoms with Gasteiger partial charge < -0.3 is 20.7 Å². The van der Waals surface area contributed by atoms with Crippen LogP contribution in [-0.4, -0.2) is 50.2 Å². The third kappa shape index (κ3) is 7.25. The fourth-order valence-corrected chi connectivity index (χ4v) is 3.24. The fourth-order valence-electron chi connectivity index (χ4n) is 2.75. The molecule has 1 aliphatic rings. The molecule has 26 heavy (non-hydrogen) atoms. The third-order valence-corrected chi connectivity index (χ3v) is 4.86. The van der Waals surface area contributed by atoms with Crippen LogP contribution >= 0.6 is 11.8 Å². The van der Waals surface area contributed by atoms with E-state index in [1.165, 1.54) is 12.2 Å². The number of anilines is 1. The van der Waals surface area contributed by atoms with E-state index in [2.05, 4.69) is 27.2 Å². The Bertz CT molecular complexity index is 589. The number of rotatable bonds is 9. The van der Waals surface area contributed by atoms with E-state index in [-0.39, 0.29) is 12.0 Å². The highest BCUT2D eigenvalue weighted by molar-refractivity contribution is 7.98. The Hall–Kier alpha value is -1.73. The number of ether oxygens (including phenoxy) is 1. The van der Waals surface area contributed by atoms with Crippen LogP contribution in [-0.2, 0) is 16.1 Å². The number of hydrogen-bond acceptors (Lipinski definition) is 4. The summed E-state index contributed by atoms with van der Waals surface area (Å²) in [6, 6.07) is 7.85. The van der Waals surface area contributed by atoms with Gasteiger partial charge in [0.1, 0.15) is 6.10 Å². The smallest absolute Gasteiger partial charge is 0.253 e. The molecule has 1 saturated heterocycles. The van der Waals surface area contributed by atoms with Crippen LogP contribution in [0.4, 0.5) is 5.69 Å². The number of amides is 1. The van der Waals surface area contributed by atoms with Crippen molar-refractivity contribution in [1.29, 1.82) is 0 Å². The van der Waals surface area contributed by atoms with Crippen molar-refractivity contribution in [3.8, 4) is 0 Å². The molecule has 1 amide bonds. The molecule has 1 unspecified atom stereocenters. The molecule has 6 nitrogen and oxygen atoms in total. The second-order valence-electron chi connectivity index (χ2n) is 6.24. The van der Waals surface area contributed by atoms with Crippen LogP contribution < -0.4 is 16.0 Å². The minimum absolute atomic E-state index is 0.0599. The van der Waals surface area contributed by atoms with Gasteiger partial charge in [-0.2, -0.15) is 11.8 Å². The predicted octanol–water partition coefficient (Wildman–Crippen LogP) is 2.61. The molecule has 0 aliphatic carbocycles. The minimum atomic E-state index is -0.314. The van der Waals surface area contributed by atoms with Gasteiger partial charge in [0.2, 0.25) is 0 Å². The lowest BCUT2D eigenvalue weighted by Gasteiger charge is -2.13. The molecule has 1 atom stereocenters. The summed E-state index contributed by atoms with van der Waals surface area (Å²) >= 11 is 1.88. The van der Waals surface area contributed by atoms with Crippen molar-refractivity contribution in [2.24, 2.45) is 4.99 Å². The molecule has 1 heterocycles. The van der Waals surface area contributed by atoms with Crippen molar-refractivity contribution < 1.29 is 9.53 Å². The zero-order valence-electron chi connectivity index (χ0n) is 15.7. The first-order chi connectivity index (χ1) is 12.7. The fraction of sp³-hybridized carbons (Fsp3) is 0.579. The Balaban J connectivity index is 1.77. The number of carbonyl (C=O) groups excluding carboxylic acids is 1. The van der Waals surface area contributed by atoms with Crippen LogP contribution in [0.2, 0.25) is 0 Å². The van der Waals surface area contributed by atoms with E-state index in [1.807, 2.05) is 36.0 Å². The molecule has 3 N–H and O–H groups in total. The molecular formula is C19H30N4O2S. The molecule has 1 fully saturated rings. The average Bonchev–Trinajstić information content (AvgIpc) is 3.19. The van der Waals surface area contributed by atoms with Gasteiger partial charge in [-0.15, -0.1) is 0 Å². The van der Waals surface area contributed by atoms with E-state index in [9.17, 15) is 4.79 Å². The van der Waals surface area contributed by atoms with Crippen LogP contribution in [0.25, 0.3) is 0 Å². The SMILES string of the molecule is CN=C(NCCCCSC)NCc1cccc(NC(=O)C2CCCO2)c1. The quantitative estimate of drug-likeness (QED) is 0.350. The molecule has 144 valence electrons. The number of benzene rings is 1. The third-order valence-electron chi connectivity index (χ3n) is 4.17. The van der Waals surface area contributed by atoms with Gasteiger partial charge in [-0.1, -0.05) is 12.1 Å². The number of hydrogen-bond donors (Lipinski definition) is 3. The van der Waals surface area contributed by atoms with Gasteiger partial charge in [-0.25, -0.2) is 0 Å². The van der Waals surface area contributed by atoms with Crippen LogP contribution in [0, 0.1) is 0 Å². The highest BCUT2D eigenvalue weighted by Gasteiger charge is 2.23. The molecular weight excluding hydrogens is 348 g/mol. The number of unbranched alkanes of at least 4 members (excludes halogenated alkanes) is 1. The Morgan fingerprint density at radius 2 is 2.23 bits per heavy atom. The van der Waals surface area contributed by atoms with Crippen molar-refractivity contribution in [2.75, 3.05) is 37.5 Å². The average molecular weight is 379 g/mol. The minimum Gasteiger partial charge on any atom is -0.368 e. The van der Waals surface area contributed by atoms with Crippen molar-refractivity contribution >= 4 is 29.3 Å². The predicted molar refractivity (Wildman–Crippen MR) is 110 cm³/mol. The van der Waals surface area contributed by atoms with Gasteiger partial charge in [0, 0.05) is 32.4 Å². The second-order valence-corrected chi connectivity index (χ2v) is 7.23. The summed E-state index contributed by atoms with van der Waals surface area (Å²) in [6.07, 6.45) is 5.90. The first kappa shape index (κ1) is 20.6.